The second kappa shape index (κ2) is 10.1. The molecule has 3 aliphatic rings. The molecule has 2 fully saturated rings. The first kappa shape index (κ1) is 26.6. The highest BCUT2D eigenvalue weighted by atomic mass is 16.4. The normalized spacial score (nSPS) is 21.0. The highest BCUT2D eigenvalue weighted by Gasteiger charge is 2.63. The van der Waals surface area contributed by atoms with Crippen molar-refractivity contribution in [2.75, 3.05) is 12.3 Å². The van der Waals surface area contributed by atoms with E-state index < -0.39 is 29.4 Å². The number of hydrogen-bond acceptors (Lipinski definition) is 5. The summed E-state index contributed by atoms with van der Waals surface area (Å²) in [6, 6.07) is 17.4. The number of nitrogen functional groups attached to an aromatic ring is 1. The maximum atomic E-state index is 13.4. The van der Waals surface area contributed by atoms with Gasteiger partial charge in [-0.05, 0) is 78.6 Å². The van der Waals surface area contributed by atoms with Crippen molar-refractivity contribution >= 4 is 29.4 Å². The molecule has 0 bridgehead atoms. The molecule has 41 heavy (non-hydrogen) atoms. The third kappa shape index (κ3) is 4.92. The van der Waals surface area contributed by atoms with Crippen LogP contribution in [0.25, 0.3) is 0 Å². The number of nitrogens with two attached hydrogens (primary N) is 1. The third-order valence-corrected chi connectivity index (χ3v) is 8.50. The Kier molecular flexibility index (Phi) is 6.52. The van der Waals surface area contributed by atoms with Crippen LogP contribution < -0.4 is 16.4 Å². The fraction of sp³-hybridized carbons (Fsp3) is 0.312. The first-order chi connectivity index (χ1) is 19.7. The Hall–Kier alpha value is -4.66. The summed E-state index contributed by atoms with van der Waals surface area (Å²) in [5, 5.41) is 15.3. The van der Waals surface area contributed by atoms with Crippen molar-refractivity contribution in [2.45, 2.75) is 56.7 Å². The number of aliphatic carboxylic acids is 1. The molecule has 2 unspecified atom stereocenters. The number of fused-ring (bicyclic) bond motifs is 1. The number of carboxylic acids is 1. The smallest absolute Gasteiger partial charge is 0.331 e. The Labute approximate surface area is 237 Å². The lowest BCUT2D eigenvalue weighted by molar-refractivity contribution is -0.140. The number of rotatable bonds is 7. The van der Waals surface area contributed by atoms with Crippen LogP contribution in [-0.2, 0) is 17.8 Å². The van der Waals surface area contributed by atoms with Crippen LogP contribution in [0.15, 0.2) is 60.7 Å². The molecule has 9 nitrogen and oxygen atoms in total. The van der Waals surface area contributed by atoms with Crippen LogP contribution in [0, 0.1) is 6.92 Å². The van der Waals surface area contributed by atoms with Crippen molar-refractivity contribution < 1.29 is 24.3 Å². The molecule has 210 valence electrons. The van der Waals surface area contributed by atoms with Crippen molar-refractivity contribution in [3.63, 3.8) is 0 Å². The fourth-order valence-electron chi connectivity index (χ4n) is 5.86. The number of benzene rings is 3. The fourth-order valence-corrected chi connectivity index (χ4v) is 5.86. The minimum Gasteiger partial charge on any atom is -0.479 e. The van der Waals surface area contributed by atoms with Gasteiger partial charge in [-0.3, -0.25) is 14.4 Å². The molecule has 0 saturated heterocycles. The molecule has 0 radical (unpaired) electrons. The van der Waals surface area contributed by atoms with Gasteiger partial charge in [-0.15, -0.1) is 0 Å². The average Bonchev–Trinajstić information content (AvgIpc) is 3.90. The number of nitrogens with one attached hydrogen (secondary N) is 2. The number of carbonyl (C=O) groups excluding carboxylic acids is 3. The van der Waals surface area contributed by atoms with Crippen LogP contribution in [0.3, 0.4) is 0 Å². The van der Waals surface area contributed by atoms with Gasteiger partial charge in [0.1, 0.15) is 0 Å². The van der Waals surface area contributed by atoms with Crippen molar-refractivity contribution in [3.05, 3.63) is 99.6 Å². The van der Waals surface area contributed by atoms with E-state index in [9.17, 15) is 24.3 Å². The van der Waals surface area contributed by atoms with Crippen LogP contribution in [0.4, 0.5) is 5.69 Å². The quantitative estimate of drug-likeness (QED) is 0.331. The zero-order valence-electron chi connectivity index (χ0n) is 22.8. The van der Waals surface area contributed by atoms with Crippen molar-refractivity contribution in [3.8, 4) is 0 Å². The minimum absolute atomic E-state index is 0.0447. The lowest BCUT2D eigenvalue weighted by atomic mass is 9.90. The summed E-state index contributed by atoms with van der Waals surface area (Å²) < 4.78 is 0. The monoisotopic (exact) mass is 552 g/mol. The molecule has 2 saturated carbocycles. The highest BCUT2D eigenvalue weighted by Crippen LogP contribution is 2.40. The van der Waals surface area contributed by atoms with E-state index in [0.717, 1.165) is 11.1 Å². The zero-order valence-corrected chi connectivity index (χ0v) is 22.8. The van der Waals surface area contributed by atoms with Gasteiger partial charge in [-0.2, -0.15) is 0 Å². The van der Waals surface area contributed by atoms with E-state index in [1.165, 1.54) is 18.4 Å². The molecular weight excluding hydrogens is 520 g/mol. The molecule has 3 amide bonds. The standard InChI is InChI=1S/C32H32N4O5/c1-18-15-23-17-36(30(39)22-11-9-20(10-12-22)19-7-8-19)14-13-24(23)27(33)26(18)29(38)35-32(31(40)41)16-25(32)34-28(37)21-5-3-2-4-6-21/h2-6,9-12,15,19,25H,7-8,13-14,16-17,33H2,1H3,(H,34,37)(H,35,38)(H,40,41). The molecule has 9 heteroatoms. The molecule has 1 heterocycles. The predicted octanol–water partition coefficient (Wildman–Crippen LogP) is 3.41. The van der Waals surface area contributed by atoms with Gasteiger partial charge in [0, 0.05) is 36.3 Å². The molecular formula is C32H32N4O5. The zero-order chi connectivity index (χ0) is 28.9. The molecule has 3 aromatic carbocycles. The van der Waals surface area contributed by atoms with Gasteiger partial charge in [0.15, 0.2) is 5.54 Å². The minimum atomic E-state index is -1.62. The van der Waals surface area contributed by atoms with Gasteiger partial charge in [-0.25, -0.2) is 4.79 Å². The largest absolute Gasteiger partial charge is 0.479 e. The number of nitrogens with zero attached hydrogens (tertiary/aromatic N) is 1. The summed E-state index contributed by atoms with van der Waals surface area (Å²) in [6.45, 7) is 2.58. The van der Waals surface area contributed by atoms with Crippen LogP contribution >= 0.6 is 0 Å². The Morgan fingerprint density at radius 2 is 1.68 bits per heavy atom. The van der Waals surface area contributed by atoms with E-state index in [2.05, 4.69) is 10.6 Å². The summed E-state index contributed by atoms with van der Waals surface area (Å²) in [6.07, 6.45) is 2.96. The number of amides is 3. The van der Waals surface area contributed by atoms with E-state index in [0.29, 0.717) is 47.8 Å². The van der Waals surface area contributed by atoms with E-state index in [1.807, 2.05) is 30.3 Å². The number of aryl methyl sites for hydroxylation is 1. The van der Waals surface area contributed by atoms with E-state index in [-0.39, 0.29) is 17.9 Å². The van der Waals surface area contributed by atoms with E-state index >= 15 is 0 Å². The van der Waals surface area contributed by atoms with Gasteiger partial charge in [0.05, 0.1) is 11.6 Å². The molecule has 5 N–H and O–H groups in total. The Bertz CT molecular complexity index is 1570. The van der Waals surface area contributed by atoms with Gasteiger partial charge in [0.25, 0.3) is 17.7 Å². The Balaban J connectivity index is 1.16. The first-order valence-electron chi connectivity index (χ1n) is 13.9. The lowest BCUT2D eigenvalue weighted by Gasteiger charge is -2.31. The van der Waals surface area contributed by atoms with Crippen LogP contribution in [0.1, 0.15) is 78.5 Å². The molecule has 3 aromatic rings. The average molecular weight is 553 g/mol. The van der Waals surface area contributed by atoms with Crippen LogP contribution in [0.5, 0.6) is 0 Å². The topological polar surface area (TPSA) is 142 Å². The summed E-state index contributed by atoms with van der Waals surface area (Å²) in [5.41, 5.74) is 10.0. The van der Waals surface area contributed by atoms with Crippen LogP contribution in [0.2, 0.25) is 0 Å². The summed E-state index contributed by atoms with van der Waals surface area (Å²) in [4.78, 5) is 53.2. The summed E-state index contributed by atoms with van der Waals surface area (Å²) in [7, 11) is 0. The predicted molar refractivity (Wildman–Crippen MR) is 153 cm³/mol. The van der Waals surface area contributed by atoms with Crippen molar-refractivity contribution in [1.29, 1.82) is 0 Å². The van der Waals surface area contributed by atoms with Crippen molar-refractivity contribution in [2.24, 2.45) is 0 Å². The Morgan fingerprint density at radius 1 is 0.976 bits per heavy atom. The maximum absolute atomic E-state index is 13.4. The van der Waals surface area contributed by atoms with Gasteiger partial charge in [-0.1, -0.05) is 36.4 Å². The summed E-state index contributed by atoms with van der Waals surface area (Å²) >= 11 is 0. The molecule has 2 atom stereocenters. The number of carbonyl (C=O) groups is 4. The number of hydrogen-bond donors (Lipinski definition) is 4. The summed E-state index contributed by atoms with van der Waals surface area (Å²) in [5.74, 6) is -1.65. The first-order valence-corrected chi connectivity index (χ1v) is 13.9. The third-order valence-electron chi connectivity index (χ3n) is 8.50. The van der Waals surface area contributed by atoms with E-state index in [4.69, 9.17) is 5.73 Å². The van der Waals surface area contributed by atoms with Crippen LogP contribution in [-0.4, -0.2) is 51.8 Å². The van der Waals surface area contributed by atoms with Gasteiger partial charge < -0.3 is 26.4 Å². The SMILES string of the molecule is Cc1cc2c(c(N)c1C(=O)NC1(C(=O)O)CC1NC(=O)c1ccccc1)CCN(C(=O)c1ccc(C3CC3)cc1)C2. The highest BCUT2D eigenvalue weighted by molar-refractivity contribution is 6.05. The number of anilines is 1. The molecule has 2 aliphatic carbocycles. The lowest BCUT2D eigenvalue weighted by Crippen LogP contribution is -2.49. The molecule has 1 aliphatic heterocycles. The van der Waals surface area contributed by atoms with Crippen molar-refractivity contribution in [1.82, 2.24) is 15.5 Å². The van der Waals surface area contributed by atoms with E-state index in [1.54, 1.807) is 42.2 Å². The second-order valence-electron chi connectivity index (χ2n) is 11.3. The maximum Gasteiger partial charge on any atom is 0.331 e. The molecule has 6 rings (SSSR count). The Morgan fingerprint density at radius 3 is 2.34 bits per heavy atom. The second-order valence-corrected chi connectivity index (χ2v) is 11.3. The molecule has 0 spiro atoms. The number of carboxylic acid groups (broad SMARTS) is 1. The van der Waals surface area contributed by atoms with Gasteiger partial charge in [0.2, 0.25) is 0 Å². The van der Waals surface area contributed by atoms with Gasteiger partial charge >= 0.3 is 5.97 Å². The molecule has 0 aromatic heterocycles.